The third kappa shape index (κ3) is 4.34. The van der Waals surface area contributed by atoms with E-state index in [1.165, 1.54) is 97.9 Å². The molecule has 0 saturated carbocycles. The van der Waals surface area contributed by atoms with Crippen molar-refractivity contribution in [3.05, 3.63) is 199 Å². The summed E-state index contributed by atoms with van der Waals surface area (Å²) < 4.78 is 15.8. The van der Waals surface area contributed by atoms with Crippen molar-refractivity contribution in [1.82, 2.24) is 4.40 Å². The molecule has 0 spiro atoms. The van der Waals surface area contributed by atoms with Crippen LogP contribution in [0.25, 0.3) is 136 Å². The molecule has 0 aliphatic carbocycles. The molecule has 0 bridgehead atoms. The predicted molar refractivity (Wildman–Crippen MR) is 260 cm³/mol. The maximum absolute atomic E-state index is 6.66. The van der Waals surface area contributed by atoms with Crippen molar-refractivity contribution in [2.24, 2.45) is 0 Å². The van der Waals surface area contributed by atoms with Gasteiger partial charge in [0.05, 0.1) is 16.6 Å². The van der Waals surface area contributed by atoms with Crippen molar-refractivity contribution >= 4 is 125 Å². The van der Waals surface area contributed by atoms with Crippen LogP contribution in [0.1, 0.15) is 11.1 Å². The first-order chi connectivity index (χ1) is 30.7. The van der Waals surface area contributed by atoms with Gasteiger partial charge in [0.15, 0.2) is 0 Å². The predicted octanol–water partition coefficient (Wildman–Crippen LogP) is 16.5. The Bertz CT molecular complexity index is 4430. The van der Waals surface area contributed by atoms with Crippen molar-refractivity contribution in [3.8, 4) is 11.1 Å². The number of benzene rings is 11. The molecular weight excluding hydrogens is 755 g/mol. The van der Waals surface area contributed by atoms with E-state index in [9.17, 15) is 0 Å². The Morgan fingerprint density at radius 2 is 0.839 bits per heavy atom. The number of hydrogen-bond acceptors (Lipinski definition) is 2. The summed E-state index contributed by atoms with van der Waals surface area (Å²) in [7, 11) is 0. The minimum Gasteiger partial charge on any atom is -0.456 e. The molecule has 0 radical (unpaired) electrons. The van der Waals surface area contributed by atoms with Gasteiger partial charge in [-0.15, -0.1) is 0 Å². The lowest BCUT2D eigenvalue weighted by atomic mass is 9.91. The Balaban J connectivity index is 0.983. The van der Waals surface area contributed by atoms with Crippen LogP contribution in [0.3, 0.4) is 0 Å². The van der Waals surface area contributed by atoms with E-state index in [4.69, 9.17) is 8.83 Å². The molecule has 11 aromatic carbocycles. The van der Waals surface area contributed by atoms with Gasteiger partial charge < -0.3 is 13.2 Å². The zero-order valence-corrected chi connectivity index (χ0v) is 33.4. The molecule has 0 N–H and O–H groups in total. The van der Waals surface area contributed by atoms with Crippen molar-refractivity contribution in [2.75, 3.05) is 0 Å². The molecule has 3 nitrogen and oxygen atoms in total. The summed E-state index contributed by atoms with van der Waals surface area (Å²) in [6.45, 7) is 0. The van der Waals surface area contributed by atoms with Crippen LogP contribution in [0.2, 0.25) is 0 Å². The first kappa shape index (κ1) is 32.7. The zero-order chi connectivity index (χ0) is 40.2. The zero-order valence-electron chi connectivity index (χ0n) is 33.4. The SMILES string of the molecule is c1ccc2cc3c(cc2c1)oc1cc(Cc2c4ccccc4cc4c2c2cccc5c6c(-c7ccc8c(c7)oc7cc9ccccc9cc78)c7ccccc7cc6n4c25)ccc13. The number of hydrogen-bond donors (Lipinski definition) is 0. The van der Waals surface area contributed by atoms with Gasteiger partial charge in [0.1, 0.15) is 22.3 Å². The molecule has 15 aromatic rings. The molecule has 0 amide bonds. The fourth-order valence-electron chi connectivity index (χ4n) is 11.1. The lowest BCUT2D eigenvalue weighted by molar-refractivity contribution is 0.668. The highest BCUT2D eigenvalue weighted by molar-refractivity contribution is 6.31. The van der Waals surface area contributed by atoms with Gasteiger partial charge in [0, 0.05) is 43.1 Å². The first-order valence-electron chi connectivity index (χ1n) is 21.4. The Hall–Kier alpha value is -8.14. The minimum atomic E-state index is 0.777. The maximum Gasteiger partial charge on any atom is 0.136 e. The number of rotatable bonds is 3. The fourth-order valence-corrected chi connectivity index (χ4v) is 11.1. The smallest absolute Gasteiger partial charge is 0.136 e. The van der Waals surface area contributed by atoms with Gasteiger partial charge in [-0.2, -0.15) is 0 Å². The highest BCUT2D eigenvalue weighted by Gasteiger charge is 2.25. The summed E-state index contributed by atoms with van der Waals surface area (Å²) in [4.78, 5) is 0. The summed E-state index contributed by atoms with van der Waals surface area (Å²) in [6, 6.07) is 69.0. The fraction of sp³-hybridized carbons (Fsp3) is 0.0169. The molecule has 0 fully saturated rings. The summed E-state index contributed by atoms with van der Waals surface area (Å²) >= 11 is 0. The molecule has 0 unspecified atom stereocenters. The molecule has 15 rings (SSSR count). The van der Waals surface area contributed by atoms with Gasteiger partial charge in [0.2, 0.25) is 0 Å². The van der Waals surface area contributed by atoms with Crippen LogP contribution >= 0.6 is 0 Å². The highest BCUT2D eigenvalue weighted by Crippen LogP contribution is 2.48. The van der Waals surface area contributed by atoms with Crippen LogP contribution in [0, 0.1) is 0 Å². The van der Waals surface area contributed by atoms with E-state index in [0.29, 0.717) is 0 Å². The molecule has 0 atom stereocenters. The topological polar surface area (TPSA) is 30.7 Å². The second-order valence-corrected chi connectivity index (χ2v) is 17.2. The average molecular weight is 788 g/mol. The van der Waals surface area contributed by atoms with Crippen LogP contribution in [0.4, 0.5) is 0 Å². The van der Waals surface area contributed by atoms with Crippen LogP contribution in [-0.2, 0) is 6.42 Å². The summed E-state index contributed by atoms with van der Waals surface area (Å²) in [5.74, 6) is 0. The molecule has 0 aliphatic heterocycles. The Morgan fingerprint density at radius 3 is 1.52 bits per heavy atom. The normalized spacial score (nSPS) is 12.6. The second-order valence-electron chi connectivity index (χ2n) is 17.2. The summed E-state index contributed by atoms with van der Waals surface area (Å²) in [5, 5.41) is 19.5. The van der Waals surface area contributed by atoms with E-state index < -0.39 is 0 Å². The summed E-state index contributed by atoms with van der Waals surface area (Å²) in [5.41, 5.74) is 12.4. The van der Waals surface area contributed by atoms with Crippen LogP contribution < -0.4 is 0 Å². The standard InChI is InChI=1S/C59H33NO2/c1-3-12-36-30-54-47(26-34(36)10-1)43-22-20-33(25-52(43)61-54)24-49-41-16-7-5-14-38(41)28-50-57(49)45-18-9-19-46-58-51(60(50)59(45)46)29-39-15-6-8-17-42(39)56(58)40-21-23-44-48-27-35-11-2-4-13-37(35)31-55(48)62-53(44)32-40/h1-23,25-32H,24H2. The van der Waals surface area contributed by atoms with Crippen LogP contribution in [0.15, 0.2) is 197 Å². The average Bonchev–Trinajstić information content (AvgIpc) is 4.05. The number of aromatic nitrogens is 1. The molecule has 4 aromatic heterocycles. The molecule has 0 aliphatic rings. The van der Waals surface area contributed by atoms with E-state index in [2.05, 4.69) is 192 Å². The first-order valence-corrected chi connectivity index (χ1v) is 21.4. The van der Waals surface area contributed by atoms with Gasteiger partial charge in [-0.25, -0.2) is 0 Å². The molecule has 0 saturated heterocycles. The third-order valence-corrected chi connectivity index (χ3v) is 13.9. The maximum atomic E-state index is 6.66. The number of para-hydroxylation sites is 1. The van der Waals surface area contributed by atoms with Crippen LogP contribution in [-0.4, -0.2) is 4.40 Å². The quantitative estimate of drug-likeness (QED) is 0.179. The highest BCUT2D eigenvalue weighted by atomic mass is 16.3. The molecular formula is C59H33NO2. The number of furan rings is 2. The molecule has 3 heteroatoms. The summed E-state index contributed by atoms with van der Waals surface area (Å²) in [6.07, 6.45) is 0.777. The van der Waals surface area contributed by atoms with Gasteiger partial charge in [-0.3, -0.25) is 0 Å². The van der Waals surface area contributed by atoms with Crippen molar-refractivity contribution in [1.29, 1.82) is 0 Å². The third-order valence-electron chi connectivity index (χ3n) is 13.9. The van der Waals surface area contributed by atoms with E-state index >= 15 is 0 Å². The van der Waals surface area contributed by atoms with E-state index in [1.54, 1.807) is 0 Å². The second kappa shape index (κ2) is 11.8. The molecule has 62 heavy (non-hydrogen) atoms. The largest absolute Gasteiger partial charge is 0.456 e. The van der Waals surface area contributed by atoms with Gasteiger partial charge in [-0.1, -0.05) is 133 Å². The van der Waals surface area contributed by atoms with E-state index in [-0.39, 0.29) is 0 Å². The Morgan fingerprint density at radius 1 is 0.339 bits per heavy atom. The molecule has 4 heterocycles. The van der Waals surface area contributed by atoms with Gasteiger partial charge in [-0.05, 0) is 126 Å². The van der Waals surface area contributed by atoms with Crippen molar-refractivity contribution in [2.45, 2.75) is 6.42 Å². The van der Waals surface area contributed by atoms with Crippen molar-refractivity contribution in [3.63, 3.8) is 0 Å². The van der Waals surface area contributed by atoms with Gasteiger partial charge >= 0.3 is 0 Å². The van der Waals surface area contributed by atoms with E-state index in [1.807, 2.05) is 0 Å². The van der Waals surface area contributed by atoms with Gasteiger partial charge in [0.25, 0.3) is 0 Å². The van der Waals surface area contributed by atoms with Crippen LogP contribution in [0.5, 0.6) is 0 Å². The van der Waals surface area contributed by atoms with E-state index in [0.717, 1.165) is 55.9 Å². The lowest BCUT2D eigenvalue weighted by Crippen LogP contribution is -1.93. The van der Waals surface area contributed by atoms with Crippen molar-refractivity contribution < 1.29 is 8.83 Å². The molecule has 286 valence electrons. The lowest BCUT2D eigenvalue weighted by Gasteiger charge is -2.13. The Labute approximate surface area is 353 Å². The Kier molecular flexibility index (Phi) is 6.21. The monoisotopic (exact) mass is 787 g/mol. The number of fused-ring (bicyclic) bond motifs is 16. The minimum absolute atomic E-state index is 0.777. The number of nitrogens with zero attached hydrogens (tertiary/aromatic N) is 1.